The van der Waals surface area contributed by atoms with E-state index in [0.29, 0.717) is 17.1 Å². The van der Waals surface area contributed by atoms with Crippen molar-refractivity contribution in [1.82, 2.24) is 15.0 Å². The fraction of sp³-hybridized carbons (Fsp3) is 0.0833. The molecule has 2 aromatic carbocycles. The van der Waals surface area contributed by atoms with Crippen LogP contribution in [0.5, 0.6) is 0 Å². The third-order valence-corrected chi connectivity index (χ3v) is 4.50. The summed E-state index contributed by atoms with van der Waals surface area (Å²) in [6, 6.07) is 19.3. The summed E-state index contributed by atoms with van der Waals surface area (Å²) in [6.07, 6.45) is 4.96. The van der Waals surface area contributed by atoms with E-state index in [9.17, 15) is 4.79 Å². The van der Waals surface area contributed by atoms with Crippen molar-refractivity contribution >= 4 is 11.6 Å². The lowest BCUT2D eigenvalue weighted by Crippen LogP contribution is -2.15. The average molecular weight is 380 g/mol. The highest BCUT2D eigenvalue weighted by Crippen LogP contribution is 2.25. The van der Waals surface area contributed by atoms with Crippen LogP contribution in [0.1, 0.15) is 21.5 Å². The summed E-state index contributed by atoms with van der Waals surface area (Å²) in [5, 5.41) is 2.97. The molecule has 0 atom stereocenters. The summed E-state index contributed by atoms with van der Waals surface area (Å²) < 4.78 is 0. The molecule has 0 saturated carbocycles. The Morgan fingerprint density at radius 3 is 2.24 bits per heavy atom. The molecule has 0 fully saturated rings. The summed E-state index contributed by atoms with van der Waals surface area (Å²) in [4.78, 5) is 26.3. The van der Waals surface area contributed by atoms with Crippen LogP contribution in [0, 0.1) is 13.8 Å². The summed E-state index contributed by atoms with van der Waals surface area (Å²) in [7, 11) is 0. The number of pyridine rings is 1. The number of carbonyl (C=O) groups is 1. The van der Waals surface area contributed by atoms with Gasteiger partial charge in [0.25, 0.3) is 5.91 Å². The van der Waals surface area contributed by atoms with Gasteiger partial charge in [0.15, 0.2) is 5.82 Å². The zero-order chi connectivity index (χ0) is 20.2. The molecular weight excluding hydrogens is 360 g/mol. The van der Waals surface area contributed by atoms with Crippen molar-refractivity contribution in [2.75, 3.05) is 5.32 Å². The van der Waals surface area contributed by atoms with Crippen molar-refractivity contribution in [3.05, 3.63) is 95.9 Å². The van der Waals surface area contributed by atoms with Crippen molar-refractivity contribution < 1.29 is 4.79 Å². The van der Waals surface area contributed by atoms with Crippen LogP contribution in [0.25, 0.3) is 22.6 Å². The summed E-state index contributed by atoms with van der Waals surface area (Å²) in [6.45, 7) is 4.01. The van der Waals surface area contributed by atoms with E-state index in [4.69, 9.17) is 4.98 Å². The van der Waals surface area contributed by atoms with Crippen LogP contribution >= 0.6 is 0 Å². The molecule has 2 heterocycles. The molecule has 0 aliphatic rings. The highest BCUT2D eigenvalue weighted by Gasteiger charge is 2.17. The van der Waals surface area contributed by atoms with Crippen LogP contribution < -0.4 is 5.32 Å². The first kappa shape index (κ1) is 18.5. The molecule has 0 aliphatic carbocycles. The standard InChI is InChI=1S/C24H20N4O/c1-16-12-17(2)14-20(13-16)27-24(29)21-15-26-23(19-6-4-3-5-7-19)28-22(21)18-8-10-25-11-9-18/h3-15H,1-2H3,(H,27,29). The van der Waals surface area contributed by atoms with Gasteiger partial charge in [-0.25, -0.2) is 9.97 Å². The maximum atomic E-state index is 13.1. The lowest BCUT2D eigenvalue weighted by molar-refractivity contribution is 0.102. The van der Waals surface area contributed by atoms with Crippen LogP contribution in [0.2, 0.25) is 0 Å². The first-order chi connectivity index (χ1) is 14.1. The monoisotopic (exact) mass is 380 g/mol. The minimum atomic E-state index is -0.249. The minimum absolute atomic E-state index is 0.249. The van der Waals surface area contributed by atoms with Gasteiger partial charge < -0.3 is 5.32 Å². The van der Waals surface area contributed by atoms with Gasteiger partial charge in [-0.3, -0.25) is 9.78 Å². The van der Waals surface area contributed by atoms with Gasteiger partial charge in [0, 0.05) is 35.4 Å². The Morgan fingerprint density at radius 1 is 0.862 bits per heavy atom. The molecule has 5 heteroatoms. The molecule has 5 nitrogen and oxygen atoms in total. The van der Waals surface area contributed by atoms with Gasteiger partial charge in [0.05, 0.1) is 11.3 Å². The predicted molar refractivity (Wildman–Crippen MR) is 115 cm³/mol. The number of aromatic nitrogens is 3. The van der Waals surface area contributed by atoms with E-state index in [1.807, 2.05) is 68.4 Å². The smallest absolute Gasteiger partial charge is 0.259 e. The Balaban J connectivity index is 1.76. The number of hydrogen-bond acceptors (Lipinski definition) is 4. The number of hydrogen-bond donors (Lipinski definition) is 1. The van der Waals surface area contributed by atoms with Crippen LogP contribution in [-0.2, 0) is 0 Å². The third kappa shape index (κ3) is 4.19. The molecule has 0 aliphatic heterocycles. The number of aryl methyl sites for hydroxylation is 2. The second-order valence-electron chi connectivity index (χ2n) is 6.89. The summed E-state index contributed by atoms with van der Waals surface area (Å²) >= 11 is 0. The highest BCUT2D eigenvalue weighted by molar-refractivity contribution is 6.08. The van der Waals surface area contributed by atoms with E-state index in [1.165, 1.54) is 0 Å². The molecule has 1 N–H and O–H groups in total. The molecule has 142 valence electrons. The van der Waals surface area contributed by atoms with Crippen LogP contribution in [-0.4, -0.2) is 20.9 Å². The predicted octanol–water partition coefficient (Wildman–Crippen LogP) is 5.07. The van der Waals surface area contributed by atoms with Crippen molar-refractivity contribution in [2.45, 2.75) is 13.8 Å². The number of benzene rings is 2. The lowest BCUT2D eigenvalue weighted by Gasteiger charge is -2.12. The van der Waals surface area contributed by atoms with E-state index < -0.39 is 0 Å². The Labute approximate surface area is 169 Å². The fourth-order valence-electron chi connectivity index (χ4n) is 3.25. The van der Waals surface area contributed by atoms with E-state index in [0.717, 1.165) is 27.9 Å². The van der Waals surface area contributed by atoms with Gasteiger partial charge in [0.2, 0.25) is 0 Å². The number of carbonyl (C=O) groups excluding carboxylic acids is 1. The maximum Gasteiger partial charge on any atom is 0.259 e. The Kier molecular flexibility index (Phi) is 5.12. The van der Waals surface area contributed by atoms with E-state index in [1.54, 1.807) is 18.6 Å². The van der Waals surface area contributed by atoms with Crippen LogP contribution in [0.3, 0.4) is 0 Å². The molecule has 0 saturated heterocycles. The molecule has 1 amide bonds. The maximum absolute atomic E-state index is 13.1. The van der Waals surface area contributed by atoms with E-state index in [2.05, 4.69) is 21.4 Å². The van der Waals surface area contributed by atoms with Gasteiger partial charge in [-0.05, 0) is 49.2 Å². The number of anilines is 1. The molecule has 4 rings (SSSR count). The number of nitrogens with one attached hydrogen (secondary N) is 1. The van der Waals surface area contributed by atoms with Gasteiger partial charge in [-0.15, -0.1) is 0 Å². The second-order valence-corrected chi connectivity index (χ2v) is 6.89. The number of nitrogens with zero attached hydrogens (tertiary/aromatic N) is 3. The first-order valence-corrected chi connectivity index (χ1v) is 9.32. The van der Waals surface area contributed by atoms with Crippen LogP contribution in [0.15, 0.2) is 79.3 Å². The molecular formula is C24H20N4O. The molecule has 0 spiro atoms. The fourth-order valence-corrected chi connectivity index (χ4v) is 3.25. The highest BCUT2D eigenvalue weighted by atomic mass is 16.1. The lowest BCUT2D eigenvalue weighted by atomic mass is 10.1. The van der Waals surface area contributed by atoms with Gasteiger partial charge in [0.1, 0.15) is 0 Å². The molecule has 0 bridgehead atoms. The van der Waals surface area contributed by atoms with Crippen LogP contribution in [0.4, 0.5) is 5.69 Å². The van der Waals surface area contributed by atoms with Gasteiger partial charge >= 0.3 is 0 Å². The second kappa shape index (κ2) is 8.02. The Morgan fingerprint density at radius 2 is 1.55 bits per heavy atom. The topological polar surface area (TPSA) is 67.8 Å². The van der Waals surface area contributed by atoms with E-state index >= 15 is 0 Å². The Bertz CT molecular complexity index is 1140. The number of amides is 1. The largest absolute Gasteiger partial charge is 0.322 e. The summed E-state index contributed by atoms with van der Waals surface area (Å²) in [5.41, 5.74) is 5.61. The summed E-state index contributed by atoms with van der Waals surface area (Å²) in [5.74, 6) is 0.321. The molecule has 2 aromatic heterocycles. The zero-order valence-electron chi connectivity index (χ0n) is 16.3. The first-order valence-electron chi connectivity index (χ1n) is 9.32. The normalized spacial score (nSPS) is 10.6. The third-order valence-electron chi connectivity index (χ3n) is 4.50. The zero-order valence-corrected chi connectivity index (χ0v) is 16.3. The minimum Gasteiger partial charge on any atom is -0.322 e. The molecule has 4 aromatic rings. The average Bonchev–Trinajstić information content (AvgIpc) is 2.74. The van der Waals surface area contributed by atoms with Crippen molar-refractivity contribution in [1.29, 1.82) is 0 Å². The molecule has 0 unspecified atom stereocenters. The van der Waals surface area contributed by atoms with Gasteiger partial charge in [-0.1, -0.05) is 36.4 Å². The van der Waals surface area contributed by atoms with E-state index in [-0.39, 0.29) is 5.91 Å². The van der Waals surface area contributed by atoms with Crippen molar-refractivity contribution in [2.24, 2.45) is 0 Å². The van der Waals surface area contributed by atoms with Gasteiger partial charge in [-0.2, -0.15) is 0 Å². The molecule has 29 heavy (non-hydrogen) atoms. The quantitative estimate of drug-likeness (QED) is 0.536. The molecule has 0 radical (unpaired) electrons. The van der Waals surface area contributed by atoms with Crippen molar-refractivity contribution in [3.8, 4) is 22.6 Å². The SMILES string of the molecule is Cc1cc(C)cc(NC(=O)c2cnc(-c3ccccc3)nc2-c2ccncc2)c1. The van der Waals surface area contributed by atoms with Crippen molar-refractivity contribution in [3.63, 3.8) is 0 Å². The Hall–Kier alpha value is -3.86. The number of rotatable bonds is 4.